The second-order valence-corrected chi connectivity index (χ2v) is 7.58. The van der Waals surface area contributed by atoms with Gasteiger partial charge >= 0.3 is 23.9 Å². The maximum Gasteiger partial charge on any atom is 0.345 e. The molecule has 2 aliphatic heterocycles. The van der Waals surface area contributed by atoms with Crippen molar-refractivity contribution in [1.82, 2.24) is 20.9 Å². The number of esters is 4. The second kappa shape index (κ2) is 8.85. The van der Waals surface area contributed by atoms with Gasteiger partial charge in [-0.2, -0.15) is 0 Å². The first-order valence-corrected chi connectivity index (χ1v) is 9.70. The van der Waals surface area contributed by atoms with Gasteiger partial charge in [0.05, 0.1) is 11.1 Å². The maximum absolute atomic E-state index is 12.4. The molecule has 0 radical (unpaired) electrons. The molecule has 4 atom stereocenters. The van der Waals surface area contributed by atoms with Crippen molar-refractivity contribution in [3.63, 3.8) is 0 Å². The number of nitrogens with zero attached hydrogens (tertiary/aromatic N) is 2. The number of hydrazine groups is 2. The normalized spacial score (nSPS) is 25.1. The molecule has 170 valence electrons. The number of carbonyl (C=O) groups excluding carboxylic acids is 6. The summed E-state index contributed by atoms with van der Waals surface area (Å²) < 4.78 is 9.61. The van der Waals surface area contributed by atoms with Crippen molar-refractivity contribution in [2.24, 2.45) is 11.8 Å². The highest BCUT2D eigenvalue weighted by Crippen LogP contribution is 2.19. The fraction of sp³-hybridized carbons (Fsp3) is 0.400. The lowest BCUT2D eigenvalue weighted by Crippen LogP contribution is -2.33. The lowest BCUT2D eigenvalue weighted by molar-refractivity contribution is -0.150. The van der Waals surface area contributed by atoms with Crippen LogP contribution in [-0.2, 0) is 28.7 Å². The molecule has 2 fully saturated rings. The number of carbonyl (C=O) groups is 6. The predicted octanol–water partition coefficient (Wildman–Crippen LogP) is -0.984. The number of benzene rings is 1. The van der Waals surface area contributed by atoms with Gasteiger partial charge in [0.25, 0.3) is 11.8 Å². The van der Waals surface area contributed by atoms with E-state index in [0.29, 0.717) is 0 Å². The van der Waals surface area contributed by atoms with Crippen LogP contribution >= 0.6 is 0 Å². The van der Waals surface area contributed by atoms with Crippen molar-refractivity contribution >= 4 is 35.7 Å². The van der Waals surface area contributed by atoms with Gasteiger partial charge < -0.3 is 9.47 Å². The standard InChI is InChI=1S/C20H22N4O8/c1-9-13(15(25)23(3)21-9)19(29)31-17(27)11-6-5-7-12(8-11)18(28)32-20(30)14-10(2)22-24(4)16(14)26/h5-10,13-14,21-22H,1-4H3. The molecule has 0 saturated carbocycles. The largest absolute Gasteiger partial charge is 0.389 e. The number of nitrogens with one attached hydrogen (secondary N) is 2. The SMILES string of the molecule is CC1NN(C)C(=O)C1C(=O)OC(=O)c1cccc(C(=O)OC(=O)C2C(=O)N(C)NC2C)c1. The number of amides is 2. The number of hydrogen-bond donors (Lipinski definition) is 2. The lowest BCUT2D eigenvalue weighted by Gasteiger charge is -2.11. The van der Waals surface area contributed by atoms with Crippen LogP contribution in [0, 0.1) is 11.8 Å². The smallest absolute Gasteiger partial charge is 0.345 e. The molecular formula is C20H22N4O8. The third-order valence-corrected chi connectivity index (χ3v) is 5.22. The zero-order valence-corrected chi connectivity index (χ0v) is 17.8. The van der Waals surface area contributed by atoms with Crippen LogP contribution < -0.4 is 10.9 Å². The minimum absolute atomic E-state index is 0.161. The summed E-state index contributed by atoms with van der Waals surface area (Å²) in [5.74, 6) is -7.66. The van der Waals surface area contributed by atoms with E-state index in [0.717, 1.165) is 16.1 Å². The third kappa shape index (κ3) is 4.36. The van der Waals surface area contributed by atoms with Crippen LogP contribution in [-0.4, -0.2) is 71.9 Å². The number of ether oxygens (including phenoxy) is 2. The molecule has 12 heteroatoms. The van der Waals surface area contributed by atoms with E-state index in [4.69, 9.17) is 9.47 Å². The predicted molar refractivity (Wildman–Crippen MR) is 105 cm³/mol. The highest BCUT2D eigenvalue weighted by molar-refractivity contribution is 6.08. The van der Waals surface area contributed by atoms with Gasteiger partial charge in [0.15, 0.2) is 11.8 Å². The molecule has 0 bridgehead atoms. The van der Waals surface area contributed by atoms with E-state index < -0.39 is 59.6 Å². The van der Waals surface area contributed by atoms with Crippen LogP contribution in [0.3, 0.4) is 0 Å². The molecule has 0 aliphatic carbocycles. The Balaban J connectivity index is 1.67. The van der Waals surface area contributed by atoms with Gasteiger partial charge in [0, 0.05) is 26.2 Å². The van der Waals surface area contributed by atoms with E-state index in [9.17, 15) is 28.8 Å². The van der Waals surface area contributed by atoms with Crippen LogP contribution in [0.5, 0.6) is 0 Å². The monoisotopic (exact) mass is 446 g/mol. The summed E-state index contributed by atoms with van der Waals surface area (Å²) in [6.07, 6.45) is 0. The van der Waals surface area contributed by atoms with E-state index in [1.807, 2.05) is 0 Å². The Morgan fingerprint density at radius 2 is 1.16 bits per heavy atom. The quantitative estimate of drug-likeness (QED) is 0.436. The summed E-state index contributed by atoms with van der Waals surface area (Å²) in [6.45, 7) is 3.18. The molecule has 3 rings (SSSR count). The van der Waals surface area contributed by atoms with Gasteiger partial charge in [-0.3, -0.25) is 29.2 Å². The molecule has 2 N–H and O–H groups in total. The third-order valence-electron chi connectivity index (χ3n) is 5.22. The second-order valence-electron chi connectivity index (χ2n) is 7.58. The minimum Gasteiger partial charge on any atom is -0.389 e. The van der Waals surface area contributed by atoms with Gasteiger partial charge in [-0.25, -0.2) is 20.4 Å². The summed E-state index contributed by atoms with van der Waals surface area (Å²) >= 11 is 0. The summed E-state index contributed by atoms with van der Waals surface area (Å²) in [4.78, 5) is 73.4. The van der Waals surface area contributed by atoms with Crippen molar-refractivity contribution < 1.29 is 38.2 Å². The number of hydrogen-bond acceptors (Lipinski definition) is 10. The van der Waals surface area contributed by atoms with Crippen molar-refractivity contribution in [3.05, 3.63) is 35.4 Å². The molecule has 4 unspecified atom stereocenters. The Morgan fingerprint density at radius 3 is 1.47 bits per heavy atom. The fourth-order valence-corrected chi connectivity index (χ4v) is 3.54. The molecule has 2 amide bonds. The first kappa shape index (κ1) is 23.0. The Labute approximate surface area is 182 Å². The Bertz CT molecular complexity index is 934. The molecule has 1 aromatic rings. The van der Waals surface area contributed by atoms with Crippen LogP contribution in [0.1, 0.15) is 34.6 Å². The molecule has 1 aromatic carbocycles. The van der Waals surface area contributed by atoms with E-state index in [-0.39, 0.29) is 11.1 Å². The zero-order valence-electron chi connectivity index (χ0n) is 17.8. The first-order chi connectivity index (χ1) is 15.0. The van der Waals surface area contributed by atoms with Crippen LogP contribution in [0.4, 0.5) is 0 Å². The first-order valence-electron chi connectivity index (χ1n) is 9.70. The van der Waals surface area contributed by atoms with Crippen molar-refractivity contribution in [1.29, 1.82) is 0 Å². The molecule has 2 aliphatic rings. The van der Waals surface area contributed by atoms with Crippen molar-refractivity contribution in [2.45, 2.75) is 25.9 Å². The summed E-state index contributed by atoms with van der Waals surface area (Å²) in [5, 5.41) is 2.27. The van der Waals surface area contributed by atoms with Gasteiger partial charge in [-0.1, -0.05) is 6.07 Å². The average molecular weight is 446 g/mol. The van der Waals surface area contributed by atoms with Crippen molar-refractivity contribution in [3.8, 4) is 0 Å². The molecular weight excluding hydrogens is 424 g/mol. The Morgan fingerprint density at radius 1 is 0.781 bits per heavy atom. The molecule has 32 heavy (non-hydrogen) atoms. The number of rotatable bonds is 4. The van der Waals surface area contributed by atoms with Gasteiger partial charge in [-0.15, -0.1) is 0 Å². The van der Waals surface area contributed by atoms with Crippen LogP contribution in [0.2, 0.25) is 0 Å². The lowest BCUT2D eigenvalue weighted by atomic mass is 10.0. The fourth-order valence-electron chi connectivity index (χ4n) is 3.54. The summed E-state index contributed by atoms with van der Waals surface area (Å²) in [5.41, 5.74) is 5.14. The Kier molecular flexibility index (Phi) is 6.37. The van der Waals surface area contributed by atoms with E-state index >= 15 is 0 Å². The summed E-state index contributed by atoms with van der Waals surface area (Å²) in [7, 11) is 2.89. The maximum atomic E-state index is 12.4. The van der Waals surface area contributed by atoms with E-state index in [2.05, 4.69) is 10.9 Å². The van der Waals surface area contributed by atoms with E-state index in [1.165, 1.54) is 32.3 Å². The van der Waals surface area contributed by atoms with Crippen LogP contribution in [0.15, 0.2) is 24.3 Å². The topological polar surface area (TPSA) is 151 Å². The molecule has 0 aromatic heterocycles. The molecule has 2 heterocycles. The highest BCUT2D eigenvalue weighted by Gasteiger charge is 2.44. The highest BCUT2D eigenvalue weighted by atomic mass is 16.6. The molecule has 12 nitrogen and oxygen atoms in total. The zero-order chi connectivity index (χ0) is 23.7. The molecule has 2 saturated heterocycles. The van der Waals surface area contributed by atoms with Gasteiger partial charge in [0.2, 0.25) is 0 Å². The minimum atomic E-state index is -1.19. The molecule has 0 spiro atoms. The Hall–Kier alpha value is -3.64. The average Bonchev–Trinajstić information content (AvgIpc) is 3.14. The van der Waals surface area contributed by atoms with Crippen LogP contribution in [0.25, 0.3) is 0 Å². The summed E-state index contributed by atoms with van der Waals surface area (Å²) in [6, 6.07) is 3.88. The van der Waals surface area contributed by atoms with Gasteiger partial charge in [0.1, 0.15) is 0 Å². The van der Waals surface area contributed by atoms with E-state index in [1.54, 1.807) is 13.8 Å². The van der Waals surface area contributed by atoms with Crippen molar-refractivity contribution in [2.75, 3.05) is 14.1 Å². The van der Waals surface area contributed by atoms with Gasteiger partial charge in [-0.05, 0) is 32.0 Å².